The zero-order valence-corrected chi connectivity index (χ0v) is 13.8. The molecule has 24 heavy (non-hydrogen) atoms. The van der Waals surface area contributed by atoms with Crippen LogP contribution in [0, 0.1) is 0 Å². The molecule has 1 fully saturated rings. The Bertz CT molecular complexity index is 527. The summed E-state index contributed by atoms with van der Waals surface area (Å²) in [5.74, 6) is 1.44. The van der Waals surface area contributed by atoms with Crippen molar-refractivity contribution >= 4 is 0 Å². The van der Waals surface area contributed by atoms with E-state index in [1.165, 1.54) is 5.56 Å². The van der Waals surface area contributed by atoms with E-state index in [1.54, 1.807) is 0 Å². The fraction of sp³-hybridized carbons (Fsp3) is 0.667. The summed E-state index contributed by atoms with van der Waals surface area (Å²) in [4.78, 5) is 1.93. The lowest BCUT2D eigenvalue weighted by Crippen LogP contribution is -2.44. The molecular formula is C18H25F3N2O. The standard InChI is InChI=1S/C18H25F3N2O/c19-18(20,21)8-11-23-9-5-15(6-10-23)22-13-14-7-12-24-17-4-2-1-3-16(14)17/h1-4,14-15,22H,5-13H2/t14-/m1/s1. The van der Waals surface area contributed by atoms with Crippen molar-refractivity contribution in [2.24, 2.45) is 0 Å². The summed E-state index contributed by atoms with van der Waals surface area (Å²) < 4.78 is 42.5. The van der Waals surface area contributed by atoms with Crippen molar-refractivity contribution in [1.29, 1.82) is 0 Å². The van der Waals surface area contributed by atoms with Gasteiger partial charge in [-0.15, -0.1) is 0 Å². The minimum absolute atomic E-state index is 0.129. The topological polar surface area (TPSA) is 24.5 Å². The summed E-state index contributed by atoms with van der Waals surface area (Å²) in [5.41, 5.74) is 1.26. The van der Waals surface area contributed by atoms with Gasteiger partial charge in [0.15, 0.2) is 0 Å². The molecule has 3 nitrogen and oxygen atoms in total. The molecule has 0 saturated carbocycles. The van der Waals surface area contributed by atoms with Crippen molar-refractivity contribution in [3.8, 4) is 5.75 Å². The highest BCUT2D eigenvalue weighted by Crippen LogP contribution is 2.33. The van der Waals surface area contributed by atoms with Gasteiger partial charge in [-0.05, 0) is 44.0 Å². The van der Waals surface area contributed by atoms with Crippen LogP contribution in [0.1, 0.15) is 37.2 Å². The van der Waals surface area contributed by atoms with Gasteiger partial charge < -0.3 is 15.0 Å². The lowest BCUT2D eigenvalue weighted by atomic mass is 9.92. The van der Waals surface area contributed by atoms with Gasteiger partial charge in [-0.1, -0.05) is 18.2 Å². The van der Waals surface area contributed by atoms with Crippen molar-refractivity contribution in [2.45, 2.75) is 43.8 Å². The number of likely N-dealkylation sites (tertiary alicyclic amines) is 1. The van der Waals surface area contributed by atoms with Crippen molar-refractivity contribution in [3.05, 3.63) is 29.8 Å². The Balaban J connectivity index is 1.41. The second-order valence-corrected chi connectivity index (χ2v) is 6.76. The quantitative estimate of drug-likeness (QED) is 0.885. The van der Waals surface area contributed by atoms with E-state index in [4.69, 9.17) is 4.74 Å². The van der Waals surface area contributed by atoms with Crippen molar-refractivity contribution in [2.75, 3.05) is 32.8 Å². The minimum atomic E-state index is -4.05. The van der Waals surface area contributed by atoms with Crippen LogP contribution in [-0.4, -0.2) is 49.9 Å². The number of benzene rings is 1. The number of hydrogen-bond donors (Lipinski definition) is 1. The van der Waals surface area contributed by atoms with Crippen LogP contribution in [0.25, 0.3) is 0 Å². The van der Waals surface area contributed by atoms with Crippen LogP contribution in [0.5, 0.6) is 5.75 Å². The van der Waals surface area contributed by atoms with Crippen molar-refractivity contribution in [3.63, 3.8) is 0 Å². The largest absolute Gasteiger partial charge is 0.493 e. The van der Waals surface area contributed by atoms with Crippen molar-refractivity contribution in [1.82, 2.24) is 10.2 Å². The molecule has 2 aliphatic rings. The Morgan fingerprint density at radius 3 is 2.62 bits per heavy atom. The third-order valence-electron chi connectivity index (χ3n) is 5.03. The number of nitrogens with zero attached hydrogens (tertiary/aromatic N) is 1. The van der Waals surface area contributed by atoms with Gasteiger partial charge in [-0.25, -0.2) is 0 Å². The number of para-hydroxylation sites is 1. The van der Waals surface area contributed by atoms with E-state index in [1.807, 2.05) is 23.1 Å². The smallest absolute Gasteiger partial charge is 0.390 e. The molecule has 3 rings (SSSR count). The van der Waals surface area contributed by atoms with Gasteiger partial charge in [0.1, 0.15) is 5.75 Å². The maximum Gasteiger partial charge on any atom is 0.390 e. The molecular weight excluding hydrogens is 317 g/mol. The predicted molar refractivity (Wildman–Crippen MR) is 87.4 cm³/mol. The SMILES string of the molecule is FC(F)(F)CCN1CCC(NC[C@H]2CCOc3ccccc32)CC1. The van der Waals surface area contributed by atoms with E-state index in [0.29, 0.717) is 12.0 Å². The summed E-state index contributed by atoms with van der Waals surface area (Å²) in [6.45, 7) is 3.28. The van der Waals surface area contributed by atoms with Crippen LogP contribution >= 0.6 is 0 Å². The van der Waals surface area contributed by atoms with Gasteiger partial charge in [0.25, 0.3) is 0 Å². The van der Waals surface area contributed by atoms with Crippen molar-refractivity contribution < 1.29 is 17.9 Å². The van der Waals surface area contributed by atoms with E-state index in [0.717, 1.165) is 51.3 Å². The lowest BCUT2D eigenvalue weighted by Gasteiger charge is -2.34. The maximum atomic E-state index is 12.3. The van der Waals surface area contributed by atoms with E-state index < -0.39 is 12.6 Å². The zero-order chi connectivity index (χ0) is 17.0. The number of halogens is 3. The first kappa shape index (κ1) is 17.5. The molecule has 1 aromatic carbocycles. The summed E-state index contributed by atoms with van der Waals surface area (Å²) in [6.07, 6.45) is -1.91. The second kappa shape index (κ2) is 7.74. The lowest BCUT2D eigenvalue weighted by molar-refractivity contribution is -0.138. The number of nitrogens with one attached hydrogen (secondary N) is 1. The second-order valence-electron chi connectivity index (χ2n) is 6.76. The molecule has 0 aliphatic carbocycles. The number of piperidine rings is 1. The van der Waals surface area contributed by atoms with E-state index in [9.17, 15) is 13.2 Å². The molecule has 2 heterocycles. The molecule has 134 valence electrons. The van der Waals surface area contributed by atoms with Gasteiger partial charge >= 0.3 is 6.18 Å². The molecule has 0 spiro atoms. The molecule has 0 aromatic heterocycles. The molecule has 0 radical (unpaired) electrons. The van der Waals surface area contributed by atoms with E-state index in [2.05, 4.69) is 11.4 Å². The highest BCUT2D eigenvalue weighted by molar-refractivity contribution is 5.37. The number of rotatable bonds is 5. The summed E-state index contributed by atoms with van der Waals surface area (Å²) in [7, 11) is 0. The number of alkyl halides is 3. The Kier molecular flexibility index (Phi) is 5.66. The number of ether oxygens (including phenoxy) is 1. The first-order valence-electron chi connectivity index (χ1n) is 8.75. The van der Waals surface area contributed by atoms with Gasteiger partial charge in [0.2, 0.25) is 0 Å². The monoisotopic (exact) mass is 342 g/mol. The van der Waals surface area contributed by atoms with Crippen LogP contribution in [0.4, 0.5) is 13.2 Å². The predicted octanol–water partition coefficient (Wildman–Crippen LogP) is 3.56. The van der Waals surface area contributed by atoms with E-state index in [-0.39, 0.29) is 6.54 Å². The molecule has 0 bridgehead atoms. The third-order valence-corrected chi connectivity index (χ3v) is 5.03. The molecule has 1 saturated heterocycles. The average Bonchev–Trinajstić information content (AvgIpc) is 2.58. The van der Waals surface area contributed by atoms with Gasteiger partial charge in [0, 0.05) is 25.0 Å². The summed E-state index contributed by atoms with van der Waals surface area (Å²) >= 11 is 0. The molecule has 1 atom stereocenters. The first-order chi connectivity index (χ1) is 11.5. The van der Waals surface area contributed by atoms with E-state index >= 15 is 0 Å². The fourth-order valence-electron chi connectivity index (χ4n) is 3.58. The fourth-order valence-corrected chi connectivity index (χ4v) is 3.58. The Morgan fingerprint density at radius 1 is 1.12 bits per heavy atom. The molecule has 6 heteroatoms. The molecule has 2 aliphatic heterocycles. The van der Waals surface area contributed by atoms with Gasteiger partial charge in [-0.2, -0.15) is 13.2 Å². The average molecular weight is 342 g/mol. The summed E-state index contributed by atoms with van der Waals surface area (Å²) in [5, 5.41) is 3.62. The highest BCUT2D eigenvalue weighted by Gasteiger charge is 2.29. The normalized spacial score (nSPS) is 22.9. The number of fused-ring (bicyclic) bond motifs is 1. The van der Waals surface area contributed by atoms with Gasteiger partial charge in [0.05, 0.1) is 13.0 Å². The maximum absolute atomic E-state index is 12.3. The van der Waals surface area contributed by atoms with Crippen LogP contribution in [0.3, 0.4) is 0 Å². The molecule has 1 aromatic rings. The van der Waals surface area contributed by atoms with Crippen LogP contribution in [0.2, 0.25) is 0 Å². The van der Waals surface area contributed by atoms with Crippen LogP contribution in [-0.2, 0) is 0 Å². The minimum Gasteiger partial charge on any atom is -0.493 e. The Labute approximate surface area is 141 Å². The molecule has 0 amide bonds. The van der Waals surface area contributed by atoms with Crippen LogP contribution < -0.4 is 10.1 Å². The molecule has 0 unspecified atom stereocenters. The molecule has 1 N–H and O–H groups in total. The summed E-state index contributed by atoms with van der Waals surface area (Å²) in [6, 6.07) is 8.58. The third kappa shape index (κ3) is 4.86. The zero-order valence-electron chi connectivity index (χ0n) is 13.8. The Hall–Kier alpha value is -1.27. The first-order valence-corrected chi connectivity index (χ1v) is 8.75. The van der Waals surface area contributed by atoms with Gasteiger partial charge in [-0.3, -0.25) is 0 Å². The highest BCUT2D eigenvalue weighted by atomic mass is 19.4. The Morgan fingerprint density at radius 2 is 1.88 bits per heavy atom. The van der Waals surface area contributed by atoms with Crippen LogP contribution in [0.15, 0.2) is 24.3 Å². The number of hydrogen-bond acceptors (Lipinski definition) is 3.